The maximum Gasteiger partial charge on any atom is 0.260 e. The predicted octanol–water partition coefficient (Wildman–Crippen LogP) is 3.52. The molecular formula is C21H18F3N3O3. The standard InChI is InChI=1S/C21H18F3N3O3/c1-13(30-19-8-6-16(23)12-17(19)24)21(28)25-10-11-29-20-9-7-18(26-27-20)14-2-4-15(22)5-3-14/h2-9,12-13H,10-11H2,1H3,(H,25,28). The number of benzene rings is 2. The van der Waals surface area contributed by atoms with Crippen molar-refractivity contribution in [1.29, 1.82) is 0 Å². The highest BCUT2D eigenvalue weighted by Crippen LogP contribution is 2.19. The summed E-state index contributed by atoms with van der Waals surface area (Å²) >= 11 is 0. The highest BCUT2D eigenvalue weighted by molar-refractivity contribution is 5.80. The van der Waals surface area contributed by atoms with Crippen LogP contribution in [0.2, 0.25) is 0 Å². The molecule has 0 saturated heterocycles. The Kier molecular flexibility index (Phi) is 6.84. The van der Waals surface area contributed by atoms with E-state index in [0.717, 1.165) is 12.1 Å². The molecule has 0 bridgehead atoms. The molecule has 1 amide bonds. The molecule has 0 saturated carbocycles. The van der Waals surface area contributed by atoms with Crippen LogP contribution in [-0.2, 0) is 4.79 Å². The molecule has 156 valence electrons. The minimum Gasteiger partial charge on any atom is -0.478 e. The Balaban J connectivity index is 1.42. The van der Waals surface area contributed by atoms with E-state index in [-0.39, 0.29) is 30.6 Å². The molecule has 1 unspecified atom stereocenters. The molecule has 2 aromatic carbocycles. The van der Waals surface area contributed by atoms with Gasteiger partial charge < -0.3 is 14.8 Å². The van der Waals surface area contributed by atoms with Crippen LogP contribution in [-0.4, -0.2) is 35.4 Å². The number of carbonyl (C=O) groups is 1. The van der Waals surface area contributed by atoms with Crippen molar-refractivity contribution in [3.05, 3.63) is 72.0 Å². The van der Waals surface area contributed by atoms with Crippen molar-refractivity contribution in [2.24, 2.45) is 0 Å². The van der Waals surface area contributed by atoms with Gasteiger partial charge in [-0.25, -0.2) is 13.2 Å². The number of rotatable bonds is 8. The topological polar surface area (TPSA) is 73.3 Å². The van der Waals surface area contributed by atoms with Crippen molar-refractivity contribution in [1.82, 2.24) is 15.5 Å². The van der Waals surface area contributed by atoms with Gasteiger partial charge in [-0.15, -0.1) is 10.2 Å². The summed E-state index contributed by atoms with van der Waals surface area (Å²) in [7, 11) is 0. The molecule has 9 heteroatoms. The monoisotopic (exact) mass is 417 g/mol. The van der Waals surface area contributed by atoms with E-state index < -0.39 is 23.6 Å². The number of amides is 1. The maximum absolute atomic E-state index is 13.6. The highest BCUT2D eigenvalue weighted by atomic mass is 19.1. The number of nitrogens with zero attached hydrogens (tertiary/aromatic N) is 2. The van der Waals surface area contributed by atoms with Crippen LogP contribution in [0, 0.1) is 17.5 Å². The van der Waals surface area contributed by atoms with Crippen molar-refractivity contribution in [2.75, 3.05) is 13.2 Å². The fourth-order valence-electron chi connectivity index (χ4n) is 2.46. The third-order valence-corrected chi connectivity index (χ3v) is 4.00. The molecule has 0 aliphatic rings. The fourth-order valence-corrected chi connectivity index (χ4v) is 2.46. The molecule has 0 fully saturated rings. The number of ether oxygens (including phenoxy) is 2. The van der Waals surface area contributed by atoms with Gasteiger partial charge in [0, 0.05) is 17.7 Å². The van der Waals surface area contributed by atoms with Gasteiger partial charge in [-0.1, -0.05) is 0 Å². The molecule has 3 aromatic rings. The van der Waals surface area contributed by atoms with E-state index in [1.807, 2.05) is 0 Å². The molecule has 1 aromatic heterocycles. The molecule has 1 heterocycles. The van der Waals surface area contributed by atoms with Gasteiger partial charge in [0.1, 0.15) is 18.2 Å². The molecule has 1 N–H and O–H groups in total. The van der Waals surface area contributed by atoms with E-state index in [1.165, 1.54) is 19.1 Å². The first-order chi connectivity index (χ1) is 14.4. The van der Waals surface area contributed by atoms with Gasteiger partial charge in [-0.05, 0) is 49.4 Å². The summed E-state index contributed by atoms with van der Waals surface area (Å²) in [5.74, 6) is -2.40. The Bertz CT molecular complexity index is 999. The van der Waals surface area contributed by atoms with E-state index in [1.54, 1.807) is 24.3 Å². The summed E-state index contributed by atoms with van der Waals surface area (Å²) in [5.41, 5.74) is 1.28. The summed E-state index contributed by atoms with van der Waals surface area (Å²) in [6.45, 7) is 1.71. The lowest BCUT2D eigenvalue weighted by Gasteiger charge is -2.15. The number of halogens is 3. The third kappa shape index (κ3) is 5.69. The van der Waals surface area contributed by atoms with Crippen LogP contribution >= 0.6 is 0 Å². The van der Waals surface area contributed by atoms with Crippen molar-refractivity contribution >= 4 is 5.91 Å². The van der Waals surface area contributed by atoms with Crippen molar-refractivity contribution in [3.8, 4) is 22.9 Å². The van der Waals surface area contributed by atoms with Gasteiger partial charge in [-0.3, -0.25) is 4.79 Å². The first-order valence-corrected chi connectivity index (χ1v) is 9.04. The second-order valence-corrected chi connectivity index (χ2v) is 6.24. The van der Waals surface area contributed by atoms with Crippen LogP contribution in [0.1, 0.15) is 6.92 Å². The van der Waals surface area contributed by atoms with E-state index in [9.17, 15) is 18.0 Å². The number of aromatic nitrogens is 2. The Labute approximate surface area is 170 Å². The van der Waals surface area contributed by atoms with Crippen LogP contribution in [0.5, 0.6) is 11.6 Å². The Morgan fingerprint density at radius 1 is 1.00 bits per heavy atom. The first-order valence-electron chi connectivity index (χ1n) is 9.04. The molecule has 0 spiro atoms. The number of hydrogen-bond donors (Lipinski definition) is 1. The van der Waals surface area contributed by atoms with Gasteiger partial charge in [0.2, 0.25) is 5.88 Å². The second kappa shape index (κ2) is 9.73. The molecule has 30 heavy (non-hydrogen) atoms. The van der Waals surface area contributed by atoms with Crippen LogP contribution < -0.4 is 14.8 Å². The average Bonchev–Trinajstić information content (AvgIpc) is 2.74. The molecule has 0 radical (unpaired) electrons. The molecular weight excluding hydrogens is 399 g/mol. The number of nitrogens with one attached hydrogen (secondary N) is 1. The highest BCUT2D eigenvalue weighted by Gasteiger charge is 2.16. The summed E-state index contributed by atoms with van der Waals surface area (Å²) < 4.78 is 50.0. The normalized spacial score (nSPS) is 11.6. The zero-order chi connectivity index (χ0) is 21.5. The first kappa shape index (κ1) is 21.1. The lowest BCUT2D eigenvalue weighted by atomic mass is 10.1. The van der Waals surface area contributed by atoms with Crippen LogP contribution in [0.4, 0.5) is 13.2 Å². The zero-order valence-electron chi connectivity index (χ0n) is 15.9. The van der Waals surface area contributed by atoms with Crippen LogP contribution in [0.15, 0.2) is 54.6 Å². The molecule has 0 aliphatic carbocycles. The zero-order valence-corrected chi connectivity index (χ0v) is 15.9. The van der Waals surface area contributed by atoms with Gasteiger partial charge in [0.15, 0.2) is 17.7 Å². The fraction of sp³-hybridized carbons (Fsp3) is 0.190. The summed E-state index contributed by atoms with van der Waals surface area (Å²) in [6.07, 6.45) is -0.986. The molecule has 6 nitrogen and oxygen atoms in total. The Hall–Kier alpha value is -3.62. The van der Waals surface area contributed by atoms with Crippen LogP contribution in [0.25, 0.3) is 11.3 Å². The molecule has 3 rings (SSSR count). The summed E-state index contributed by atoms with van der Waals surface area (Å²) in [5, 5.41) is 10.5. The van der Waals surface area contributed by atoms with E-state index in [4.69, 9.17) is 9.47 Å². The largest absolute Gasteiger partial charge is 0.478 e. The summed E-state index contributed by atoms with van der Waals surface area (Å²) in [6, 6.07) is 12.0. The smallest absolute Gasteiger partial charge is 0.260 e. The molecule has 0 aliphatic heterocycles. The predicted molar refractivity (Wildman–Crippen MR) is 102 cm³/mol. The van der Waals surface area contributed by atoms with Crippen molar-refractivity contribution in [3.63, 3.8) is 0 Å². The van der Waals surface area contributed by atoms with E-state index >= 15 is 0 Å². The van der Waals surface area contributed by atoms with Gasteiger partial charge in [-0.2, -0.15) is 0 Å². The third-order valence-electron chi connectivity index (χ3n) is 4.00. The summed E-state index contributed by atoms with van der Waals surface area (Å²) in [4.78, 5) is 12.0. The Morgan fingerprint density at radius 3 is 2.40 bits per heavy atom. The minimum atomic E-state index is -0.986. The van der Waals surface area contributed by atoms with E-state index in [0.29, 0.717) is 17.3 Å². The SMILES string of the molecule is CC(Oc1ccc(F)cc1F)C(=O)NCCOc1ccc(-c2ccc(F)cc2)nn1. The van der Waals surface area contributed by atoms with Gasteiger partial charge in [0.25, 0.3) is 5.91 Å². The van der Waals surface area contributed by atoms with Crippen molar-refractivity contribution < 1.29 is 27.4 Å². The Morgan fingerprint density at radius 2 is 1.73 bits per heavy atom. The average molecular weight is 417 g/mol. The lowest BCUT2D eigenvalue weighted by Crippen LogP contribution is -2.38. The minimum absolute atomic E-state index is 0.119. The lowest BCUT2D eigenvalue weighted by molar-refractivity contribution is -0.127. The second-order valence-electron chi connectivity index (χ2n) is 6.24. The van der Waals surface area contributed by atoms with Crippen molar-refractivity contribution in [2.45, 2.75) is 13.0 Å². The van der Waals surface area contributed by atoms with Gasteiger partial charge in [0.05, 0.1) is 12.2 Å². The number of carbonyl (C=O) groups excluding carboxylic acids is 1. The number of hydrogen-bond acceptors (Lipinski definition) is 5. The maximum atomic E-state index is 13.6. The van der Waals surface area contributed by atoms with E-state index in [2.05, 4.69) is 15.5 Å². The van der Waals surface area contributed by atoms with Crippen LogP contribution in [0.3, 0.4) is 0 Å². The molecule has 1 atom stereocenters. The van der Waals surface area contributed by atoms with Gasteiger partial charge >= 0.3 is 0 Å². The quantitative estimate of drug-likeness (QED) is 0.568.